The highest BCUT2D eigenvalue weighted by Crippen LogP contribution is 2.78. The quantitative estimate of drug-likeness (QED) is 0.500. The van der Waals surface area contributed by atoms with Crippen LogP contribution in [-0.2, 0) is 19.0 Å². The average Bonchev–Trinajstić information content (AvgIpc) is 3.53. The molecule has 1 aliphatic heterocycles. The summed E-state index contributed by atoms with van der Waals surface area (Å²) in [5.74, 6) is 1.39. The predicted molar refractivity (Wildman–Crippen MR) is 129 cm³/mol. The summed E-state index contributed by atoms with van der Waals surface area (Å²) in [6, 6.07) is 3.33. The summed E-state index contributed by atoms with van der Waals surface area (Å²) in [5, 5.41) is 0. The van der Waals surface area contributed by atoms with E-state index in [1.165, 1.54) is 25.8 Å². The Kier molecular flexibility index (Phi) is 5.52. The summed E-state index contributed by atoms with van der Waals surface area (Å²) in [7, 11) is 0. The number of esters is 1. The van der Waals surface area contributed by atoms with Crippen molar-refractivity contribution in [1.29, 1.82) is 0 Å². The number of nitrogens with two attached hydrogens (primary N) is 1. The van der Waals surface area contributed by atoms with Gasteiger partial charge in [0.05, 0.1) is 19.0 Å². The van der Waals surface area contributed by atoms with Crippen LogP contribution >= 0.6 is 0 Å². The monoisotopic (exact) mass is 485 g/mol. The predicted octanol–water partition coefficient (Wildman–Crippen LogP) is 3.78. The molecule has 4 aliphatic carbocycles. The Morgan fingerprint density at radius 1 is 1.14 bits per heavy atom. The van der Waals surface area contributed by atoms with Crippen molar-refractivity contribution in [1.82, 2.24) is 0 Å². The molecule has 35 heavy (non-hydrogen) atoms. The SMILES string of the molecule is CC(=O)O[C@H]1[C@H]2O[C@]23C2CC[C@@H]4C[C@@H](OCCN)CC[C@]4(C)[C@H]2CC[C@]3(C)[C@H]1c1ccc(=O)oc1. The third kappa shape index (κ3) is 3.27. The zero-order chi connectivity index (χ0) is 24.6. The molecule has 6 rings (SSSR count). The van der Waals surface area contributed by atoms with E-state index in [0.717, 1.165) is 37.7 Å². The Morgan fingerprint density at radius 2 is 1.97 bits per heavy atom. The van der Waals surface area contributed by atoms with Crippen LogP contribution in [0.1, 0.15) is 77.2 Å². The van der Waals surface area contributed by atoms with Crippen molar-refractivity contribution >= 4 is 5.97 Å². The fourth-order valence-electron chi connectivity index (χ4n) is 9.47. The van der Waals surface area contributed by atoms with Crippen molar-refractivity contribution in [3.63, 3.8) is 0 Å². The van der Waals surface area contributed by atoms with Crippen LogP contribution in [0.5, 0.6) is 0 Å². The lowest BCUT2D eigenvalue weighted by Gasteiger charge is -2.61. The Hall–Kier alpha value is -1.70. The van der Waals surface area contributed by atoms with Gasteiger partial charge in [-0.3, -0.25) is 4.79 Å². The number of hydrogen-bond acceptors (Lipinski definition) is 7. The van der Waals surface area contributed by atoms with Crippen molar-refractivity contribution in [2.45, 2.75) is 95.5 Å². The normalized spacial score (nSPS) is 47.7. The minimum absolute atomic E-state index is 0.0404. The standard InChI is InChI=1S/C28H39NO6/c1-16(30)34-24-23(17-4-7-22(31)33-15-17)27(3)11-9-20-21(28(27)25(24)35-28)6-5-18-14-19(32-13-12-29)8-10-26(18,20)2/h4,7,15,18-21,23-25H,5-6,8-14,29H2,1-3H3/t18-,19+,20+,21?,23+,24-,25-,26+,27-,28-/m1/s1. The average molecular weight is 486 g/mol. The number of rotatable bonds is 5. The van der Waals surface area contributed by atoms with Gasteiger partial charge in [0.15, 0.2) is 0 Å². The molecule has 1 saturated heterocycles. The second kappa shape index (κ2) is 8.15. The fraction of sp³-hybridized carbons (Fsp3) is 0.786. The summed E-state index contributed by atoms with van der Waals surface area (Å²) in [4.78, 5) is 23.8. The van der Waals surface area contributed by atoms with Gasteiger partial charge >= 0.3 is 11.6 Å². The summed E-state index contributed by atoms with van der Waals surface area (Å²) in [6.07, 6.45) is 9.39. The van der Waals surface area contributed by atoms with Gasteiger partial charge in [-0.05, 0) is 79.7 Å². The minimum Gasteiger partial charge on any atom is -0.459 e. The van der Waals surface area contributed by atoms with E-state index in [1.54, 1.807) is 6.26 Å². The van der Waals surface area contributed by atoms with Gasteiger partial charge in [0.1, 0.15) is 17.8 Å². The van der Waals surface area contributed by atoms with Gasteiger partial charge in [-0.2, -0.15) is 0 Å². The van der Waals surface area contributed by atoms with Crippen LogP contribution < -0.4 is 11.4 Å². The number of carbonyl (C=O) groups is 1. The van der Waals surface area contributed by atoms with Crippen LogP contribution in [0.3, 0.4) is 0 Å². The van der Waals surface area contributed by atoms with Gasteiger partial charge in [-0.25, -0.2) is 4.79 Å². The smallest absolute Gasteiger partial charge is 0.335 e. The van der Waals surface area contributed by atoms with E-state index in [2.05, 4.69) is 13.8 Å². The molecule has 1 aromatic heterocycles. The molecule has 10 atom stereocenters. The molecule has 4 saturated carbocycles. The lowest BCUT2D eigenvalue weighted by atomic mass is 9.44. The number of epoxide rings is 1. The maximum atomic E-state index is 12.2. The first kappa shape index (κ1) is 23.7. The maximum absolute atomic E-state index is 12.2. The van der Waals surface area contributed by atoms with Gasteiger partial charge in [0, 0.05) is 30.9 Å². The van der Waals surface area contributed by atoms with Crippen LogP contribution in [0.4, 0.5) is 0 Å². The molecule has 2 N–H and O–H groups in total. The molecule has 2 heterocycles. The summed E-state index contributed by atoms with van der Waals surface area (Å²) < 4.78 is 24.0. The topological polar surface area (TPSA) is 104 Å². The molecule has 7 nitrogen and oxygen atoms in total. The number of ether oxygens (including phenoxy) is 3. The van der Waals surface area contributed by atoms with Crippen molar-refractivity contribution < 1.29 is 23.4 Å². The molecule has 1 spiro atoms. The van der Waals surface area contributed by atoms with Crippen molar-refractivity contribution in [3.05, 3.63) is 34.4 Å². The van der Waals surface area contributed by atoms with Crippen molar-refractivity contribution in [2.75, 3.05) is 13.2 Å². The number of carbonyl (C=O) groups excluding carboxylic acids is 1. The lowest BCUT2D eigenvalue weighted by molar-refractivity contribution is -0.159. The highest BCUT2D eigenvalue weighted by atomic mass is 16.7. The van der Waals surface area contributed by atoms with Gasteiger partial charge in [-0.15, -0.1) is 0 Å². The first-order chi connectivity index (χ1) is 16.7. The first-order valence-corrected chi connectivity index (χ1v) is 13.5. The van der Waals surface area contributed by atoms with Crippen molar-refractivity contribution in [3.8, 4) is 0 Å². The summed E-state index contributed by atoms with van der Waals surface area (Å²) >= 11 is 0. The maximum Gasteiger partial charge on any atom is 0.335 e. The van der Waals surface area contributed by atoms with Gasteiger partial charge in [-0.1, -0.05) is 13.8 Å². The molecule has 5 aliphatic rings. The van der Waals surface area contributed by atoms with E-state index in [0.29, 0.717) is 37.0 Å². The first-order valence-electron chi connectivity index (χ1n) is 13.5. The van der Waals surface area contributed by atoms with E-state index >= 15 is 0 Å². The minimum atomic E-state index is -0.363. The van der Waals surface area contributed by atoms with E-state index in [-0.39, 0.29) is 46.2 Å². The molecule has 1 unspecified atom stereocenters. The summed E-state index contributed by atoms with van der Waals surface area (Å²) in [6.45, 7) is 7.55. The molecule has 192 valence electrons. The van der Waals surface area contributed by atoms with E-state index in [4.69, 9.17) is 24.4 Å². The van der Waals surface area contributed by atoms with Crippen LogP contribution in [0, 0.1) is 28.6 Å². The molecule has 0 aromatic carbocycles. The molecular formula is C28H39NO6. The van der Waals surface area contributed by atoms with Gasteiger partial charge < -0.3 is 24.4 Å². The Morgan fingerprint density at radius 3 is 2.69 bits per heavy atom. The molecule has 0 bridgehead atoms. The number of hydrogen-bond donors (Lipinski definition) is 1. The van der Waals surface area contributed by atoms with Crippen LogP contribution in [0.25, 0.3) is 0 Å². The molecule has 1 aromatic rings. The Labute approximate surface area is 207 Å². The molecule has 7 heteroatoms. The van der Waals surface area contributed by atoms with Gasteiger partial charge in [0.25, 0.3) is 0 Å². The third-order valence-electron chi connectivity index (χ3n) is 10.9. The molecule has 0 amide bonds. The Bertz CT molecular complexity index is 1040. The van der Waals surface area contributed by atoms with E-state index in [1.807, 2.05) is 6.07 Å². The number of fused-ring (bicyclic) bond motifs is 3. The summed E-state index contributed by atoms with van der Waals surface area (Å²) in [5.41, 5.74) is 6.08. The highest BCUT2D eigenvalue weighted by Gasteiger charge is 2.84. The Balaban J connectivity index is 1.33. The van der Waals surface area contributed by atoms with Gasteiger partial charge in [0.2, 0.25) is 0 Å². The zero-order valence-electron chi connectivity index (χ0n) is 21.2. The zero-order valence-corrected chi connectivity index (χ0v) is 21.2. The van der Waals surface area contributed by atoms with Crippen LogP contribution in [-0.4, -0.2) is 43.0 Å². The third-order valence-corrected chi connectivity index (χ3v) is 10.9. The fourth-order valence-corrected chi connectivity index (χ4v) is 9.47. The van der Waals surface area contributed by atoms with Crippen molar-refractivity contribution in [2.24, 2.45) is 34.3 Å². The largest absolute Gasteiger partial charge is 0.459 e. The van der Waals surface area contributed by atoms with Crippen LogP contribution in [0.2, 0.25) is 0 Å². The second-order valence-corrected chi connectivity index (χ2v) is 12.3. The second-order valence-electron chi connectivity index (χ2n) is 12.3. The molecule has 0 radical (unpaired) electrons. The lowest BCUT2D eigenvalue weighted by Crippen LogP contribution is -2.58. The molecular weight excluding hydrogens is 446 g/mol. The highest BCUT2D eigenvalue weighted by molar-refractivity contribution is 5.66. The van der Waals surface area contributed by atoms with E-state index in [9.17, 15) is 9.59 Å². The molecule has 5 fully saturated rings. The van der Waals surface area contributed by atoms with E-state index < -0.39 is 0 Å². The van der Waals surface area contributed by atoms with Crippen LogP contribution in [0.15, 0.2) is 27.6 Å².